The number of carbonyl (C=O) groups is 1. The average Bonchev–Trinajstić information content (AvgIpc) is 2.44. The second-order valence-electron chi connectivity index (χ2n) is 5.31. The first-order valence-electron chi connectivity index (χ1n) is 6.81. The number of rotatable bonds is 4. The molecule has 0 spiro atoms. The van der Waals surface area contributed by atoms with Crippen LogP contribution in [0.2, 0.25) is 0 Å². The van der Waals surface area contributed by atoms with Crippen LogP contribution in [0.1, 0.15) is 27.0 Å². The smallest absolute Gasteiger partial charge is 0.338 e. The van der Waals surface area contributed by atoms with E-state index < -0.39 is 15.8 Å². The summed E-state index contributed by atoms with van der Waals surface area (Å²) in [6, 6.07) is 12.1. The maximum absolute atomic E-state index is 12.2. The van der Waals surface area contributed by atoms with E-state index in [1.807, 2.05) is 31.2 Å². The third kappa shape index (κ3) is 3.95. The molecule has 0 radical (unpaired) electrons. The molecule has 0 unspecified atom stereocenters. The van der Waals surface area contributed by atoms with E-state index in [0.717, 1.165) is 17.4 Å². The predicted octanol–water partition coefficient (Wildman–Crippen LogP) is 3.06. The van der Waals surface area contributed by atoms with E-state index in [0.29, 0.717) is 5.56 Å². The van der Waals surface area contributed by atoms with Crippen molar-refractivity contribution in [2.45, 2.75) is 25.3 Å². The van der Waals surface area contributed by atoms with Gasteiger partial charge in [0, 0.05) is 6.26 Å². The summed E-state index contributed by atoms with van der Waals surface area (Å²) in [5, 5.41) is 0. The van der Waals surface area contributed by atoms with Gasteiger partial charge < -0.3 is 4.74 Å². The molecular weight excluding hydrogens is 300 g/mol. The van der Waals surface area contributed by atoms with Gasteiger partial charge in [-0.15, -0.1) is 0 Å². The van der Waals surface area contributed by atoms with Crippen molar-refractivity contribution < 1.29 is 17.9 Å². The quantitative estimate of drug-likeness (QED) is 0.813. The Labute approximate surface area is 130 Å². The Bertz CT molecular complexity index is 807. The Balaban J connectivity index is 2.19. The Morgan fingerprint density at radius 3 is 2.45 bits per heavy atom. The first kappa shape index (κ1) is 16.2. The highest BCUT2D eigenvalue weighted by molar-refractivity contribution is 7.90. The summed E-state index contributed by atoms with van der Waals surface area (Å²) in [4.78, 5) is 12.3. The Morgan fingerprint density at radius 1 is 1.09 bits per heavy atom. The van der Waals surface area contributed by atoms with Crippen molar-refractivity contribution in [2.24, 2.45) is 0 Å². The lowest BCUT2D eigenvalue weighted by Crippen LogP contribution is -2.09. The summed E-state index contributed by atoms with van der Waals surface area (Å²) in [6.07, 6.45) is 1.11. The van der Waals surface area contributed by atoms with Crippen molar-refractivity contribution in [1.29, 1.82) is 0 Å². The van der Waals surface area contributed by atoms with Crippen LogP contribution in [0.25, 0.3) is 0 Å². The highest BCUT2D eigenvalue weighted by Crippen LogP contribution is 2.17. The molecule has 0 aliphatic rings. The number of benzene rings is 2. The van der Waals surface area contributed by atoms with Gasteiger partial charge in [-0.3, -0.25) is 0 Å². The number of ether oxygens (including phenoxy) is 1. The zero-order chi connectivity index (χ0) is 16.3. The van der Waals surface area contributed by atoms with E-state index in [1.54, 1.807) is 13.0 Å². The molecule has 0 amide bonds. The van der Waals surface area contributed by atoms with Gasteiger partial charge >= 0.3 is 5.97 Å². The van der Waals surface area contributed by atoms with Gasteiger partial charge in [-0.2, -0.15) is 0 Å². The number of carbonyl (C=O) groups excluding carboxylic acids is 1. The highest BCUT2D eigenvalue weighted by Gasteiger charge is 2.15. The van der Waals surface area contributed by atoms with Crippen LogP contribution in [0.4, 0.5) is 0 Å². The number of esters is 1. The lowest BCUT2D eigenvalue weighted by atomic mass is 10.1. The van der Waals surface area contributed by atoms with Crippen molar-refractivity contribution >= 4 is 15.8 Å². The van der Waals surface area contributed by atoms with E-state index >= 15 is 0 Å². The summed E-state index contributed by atoms with van der Waals surface area (Å²) < 4.78 is 28.5. The zero-order valence-electron chi connectivity index (χ0n) is 12.8. The first-order chi connectivity index (χ1) is 10.3. The van der Waals surface area contributed by atoms with Gasteiger partial charge in [-0.05, 0) is 37.1 Å². The maximum atomic E-state index is 12.2. The van der Waals surface area contributed by atoms with Gasteiger partial charge in [0.05, 0.1) is 10.5 Å². The van der Waals surface area contributed by atoms with Gasteiger partial charge in [0.1, 0.15) is 6.61 Å². The van der Waals surface area contributed by atoms with E-state index in [2.05, 4.69) is 0 Å². The molecule has 116 valence electrons. The minimum absolute atomic E-state index is 0.112. The molecule has 0 saturated heterocycles. The number of hydrogen-bond donors (Lipinski definition) is 0. The second kappa shape index (κ2) is 6.32. The van der Waals surface area contributed by atoms with Crippen LogP contribution in [-0.4, -0.2) is 20.6 Å². The molecule has 2 rings (SSSR count). The summed E-state index contributed by atoms with van der Waals surface area (Å²) in [7, 11) is -3.36. The molecule has 0 aliphatic carbocycles. The first-order valence-corrected chi connectivity index (χ1v) is 8.70. The Kier molecular flexibility index (Phi) is 4.66. The van der Waals surface area contributed by atoms with E-state index in [-0.39, 0.29) is 17.1 Å². The third-order valence-electron chi connectivity index (χ3n) is 3.31. The molecule has 0 N–H and O–H groups in total. The zero-order valence-corrected chi connectivity index (χ0v) is 13.6. The lowest BCUT2D eigenvalue weighted by molar-refractivity contribution is 0.0471. The molecule has 22 heavy (non-hydrogen) atoms. The summed E-state index contributed by atoms with van der Waals surface area (Å²) in [5.41, 5.74) is 2.94. The molecule has 0 heterocycles. The molecule has 5 heteroatoms. The predicted molar refractivity (Wildman–Crippen MR) is 84.6 cm³/mol. The van der Waals surface area contributed by atoms with Crippen molar-refractivity contribution in [3.05, 3.63) is 64.7 Å². The summed E-state index contributed by atoms with van der Waals surface area (Å²) in [5.74, 6) is -0.524. The fraction of sp³-hybridized carbons (Fsp3) is 0.235. The van der Waals surface area contributed by atoms with Gasteiger partial charge in [0.2, 0.25) is 0 Å². The molecule has 0 atom stereocenters. The number of aryl methyl sites for hydroxylation is 2. The maximum Gasteiger partial charge on any atom is 0.338 e. The van der Waals surface area contributed by atoms with Gasteiger partial charge in [0.15, 0.2) is 9.84 Å². The molecule has 0 saturated carbocycles. The van der Waals surface area contributed by atoms with Crippen LogP contribution in [0.3, 0.4) is 0 Å². The van der Waals surface area contributed by atoms with Crippen molar-refractivity contribution in [3.8, 4) is 0 Å². The molecule has 4 nitrogen and oxygen atoms in total. The molecule has 2 aromatic rings. The van der Waals surface area contributed by atoms with E-state index in [1.165, 1.54) is 12.1 Å². The van der Waals surface area contributed by atoms with Gasteiger partial charge in [0.25, 0.3) is 0 Å². The van der Waals surface area contributed by atoms with Gasteiger partial charge in [-0.25, -0.2) is 13.2 Å². The van der Waals surface area contributed by atoms with Crippen molar-refractivity contribution in [1.82, 2.24) is 0 Å². The van der Waals surface area contributed by atoms with Crippen molar-refractivity contribution in [2.75, 3.05) is 6.26 Å². The minimum Gasteiger partial charge on any atom is -0.457 e. The highest BCUT2D eigenvalue weighted by atomic mass is 32.2. The summed E-state index contributed by atoms with van der Waals surface area (Å²) >= 11 is 0. The number of sulfone groups is 1. The molecular formula is C17H18O4S. The van der Waals surface area contributed by atoms with Crippen LogP contribution >= 0.6 is 0 Å². The van der Waals surface area contributed by atoms with Crippen LogP contribution in [0.5, 0.6) is 0 Å². The largest absolute Gasteiger partial charge is 0.457 e. The van der Waals surface area contributed by atoms with Crippen LogP contribution in [0.15, 0.2) is 47.4 Å². The summed E-state index contributed by atoms with van der Waals surface area (Å²) in [6.45, 7) is 3.86. The molecule has 0 aromatic heterocycles. The number of hydrogen-bond acceptors (Lipinski definition) is 4. The second-order valence-corrected chi connectivity index (χ2v) is 7.33. The fourth-order valence-electron chi connectivity index (χ4n) is 2.08. The monoisotopic (exact) mass is 318 g/mol. The minimum atomic E-state index is -3.36. The van der Waals surface area contributed by atoms with E-state index in [4.69, 9.17) is 4.74 Å². The van der Waals surface area contributed by atoms with Crippen LogP contribution < -0.4 is 0 Å². The van der Waals surface area contributed by atoms with E-state index in [9.17, 15) is 13.2 Å². The normalized spacial score (nSPS) is 11.2. The molecule has 2 aromatic carbocycles. The molecule has 0 fully saturated rings. The topological polar surface area (TPSA) is 60.4 Å². The van der Waals surface area contributed by atoms with Crippen LogP contribution in [0, 0.1) is 13.8 Å². The lowest BCUT2D eigenvalue weighted by Gasteiger charge is -2.09. The van der Waals surface area contributed by atoms with Crippen LogP contribution in [-0.2, 0) is 21.2 Å². The molecule has 0 bridgehead atoms. The van der Waals surface area contributed by atoms with Gasteiger partial charge in [-0.1, -0.05) is 35.9 Å². The molecule has 0 aliphatic heterocycles. The Morgan fingerprint density at radius 2 is 1.82 bits per heavy atom. The average molecular weight is 318 g/mol. The standard InChI is InChI=1S/C17H18O4S/c1-12-5-4-6-14(9-12)11-21-17(18)16-10-15(22(3,19)20)8-7-13(16)2/h4-10H,11H2,1-3H3. The third-order valence-corrected chi connectivity index (χ3v) is 4.42. The SMILES string of the molecule is Cc1cccc(COC(=O)c2cc(S(C)(=O)=O)ccc2C)c1. The van der Waals surface area contributed by atoms with Crippen molar-refractivity contribution in [3.63, 3.8) is 0 Å². The fourth-order valence-corrected chi connectivity index (χ4v) is 2.73. The Hall–Kier alpha value is -2.14.